The Morgan fingerprint density at radius 3 is 2.64 bits per heavy atom. The van der Waals surface area contributed by atoms with Crippen LogP contribution in [0, 0.1) is 0 Å². The van der Waals surface area contributed by atoms with Crippen LogP contribution in [0.3, 0.4) is 0 Å². The van der Waals surface area contributed by atoms with Crippen LogP contribution in [0.4, 0.5) is 0 Å². The summed E-state index contributed by atoms with van der Waals surface area (Å²) in [6, 6.07) is 0. The topological polar surface area (TPSA) is 89.4 Å². The van der Waals surface area contributed by atoms with E-state index in [-0.39, 0.29) is 12.6 Å². The number of aromatic amines is 1. The fraction of sp³-hybridized carbons (Fsp3) is 0.571. The van der Waals surface area contributed by atoms with Crippen LogP contribution in [-0.4, -0.2) is 26.8 Å². The molecule has 0 spiro atoms. The SMILES string of the molecule is Cn1c(=O)[nH]c(=O)n(CC2CO2)c1=O. The van der Waals surface area contributed by atoms with Crippen LogP contribution in [0.25, 0.3) is 0 Å². The molecule has 1 unspecified atom stereocenters. The molecule has 1 aromatic rings. The maximum absolute atomic E-state index is 11.4. The Hall–Kier alpha value is -1.63. The smallest absolute Gasteiger partial charge is 0.336 e. The molecule has 1 fully saturated rings. The molecule has 1 N–H and O–H groups in total. The summed E-state index contributed by atoms with van der Waals surface area (Å²) in [5.41, 5.74) is -2.00. The van der Waals surface area contributed by atoms with Gasteiger partial charge in [-0.1, -0.05) is 0 Å². The number of nitrogens with one attached hydrogen (secondary N) is 1. The Labute approximate surface area is 77.6 Å². The van der Waals surface area contributed by atoms with Gasteiger partial charge >= 0.3 is 17.1 Å². The zero-order valence-electron chi connectivity index (χ0n) is 7.52. The van der Waals surface area contributed by atoms with E-state index in [0.29, 0.717) is 6.61 Å². The lowest BCUT2D eigenvalue weighted by atomic mass is 10.5. The molecule has 1 aliphatic rings. The maximum Gasteiger partial charge on any atom is 0.336 e. The van der Waals surface area contributed by atoms with Crippen LogP contribution >= 0.6 is 0 Å². The Morgan fingerprint density at radius 1 is 1.43 bits per heavy atom. The maximum atomic E-state index is 11.4. The molecule has 0 aliphatic carbocycles. The quantitative estimate of drug-likeness (QED) is 0.539. The highest BCUT2D eigenvalue weighted by Gasteiger charge is 2.24. The molecule has 76 valence electrons. The lowest BCUT2D eigenvalue weighted by Crippen LogP contribution is -2.48. The predicted molar refractivity (Wildman–Crippen MR) is 46.3 cm³/mol. The molecule has 14 heavy (non-hydrogen) atoms. The highest BCUT2D eigenvalue weighted by atomic mass is 16.6. The van der Waals surface area contributed by atoms with Crippen molar-refractivity contribution in [3.8, 4) is 0 Å². The van der Waals surface area contributed by atoms with Gasteiger partial charge in [0.15, 0.2) is 0 Å². The molecule has 1 saturated heterocycles. The lowest BCUT2D eigenvalue weighted by Gasteiger charge is -2.02. The van der Waals surface area contributed by atoms with Gasteiger partial charge in [0.2, 0.25) is 0 Å². The number of hydrogen-bond acceptors (Lipinski definition) is 4. The second kappa shape index (κ2) is 2.95. The Kier molecular flexibility index (Phi) is 1.88. The molecule has 0 radical (unpaired) electrons. The summed E-state index contributed by atoms with van der Waals surface area (Å²) in [6.45, 7) is 0.747. The number of aromatic nitrogens is 3. The van der Waals surface area contributed by atoms with Crippen molar-refractivity contribution in [2.24, 2.45) is 7.05 Å². The van der Waals surface area contributed by atoms with E-state index in [9.17, 15) is 14.4 Å². The minimum Gasteiger partial charge on any atom is -0.371 e. The molecular weight excluding hydrogens is 190 g/mol. The van der Waals surface area contributed by atoms with Crippen LogP contribution in [0.5, 0.6) is 0 Å². The van der Waals surface area contributed by atoms with Crippen molar-refractivity contribution in [2.45, 2.75) is 12.6 Å². The highest BCUT2D eigenvalue weighted by molar-refractivity contribution is 4.77. The monoisotopic (exact) mass is 199 g/mol. The third kappa shape index (κ3) is 1.41. The van der Waals surface area contributed by atoms with E-state index >= 15 is 0 Å². The molecule has 2 rings (SSSR count). The normalized spacial score (nSPS) is 19.6. The largest absolute Gasteiger partial charge is 0.371 e. The molecule has 7 nitrogen and oxygen atoms in total. The van der Waals surface area contributed by atoms with Crippen LogP contribution in [0.15, 0.2) is 14.4 Å². The molecular formula is C7H9N3O4. The fourth-order valence-corrected chi connectivity index (χ4v) is 1.14. The lowest BCUT2D eigenvalue weighted by molar-refractivity contribution is 0.370. The number of nitrogens with zero attached hydrogens (tertiary/aromatic N) is 2. The van der Waals surface area contributed by atoms with E-state index in [4.69, 9.17) is 4.74 Å². The first-order valence-corrected chi connectivity index (χ1v) is 4.11. The van der Waals surface area contributed by atoms with Crippen molar-refractivity contribution in [1.29, 1.82) is 0 Å². The summed E-state index contributed by atoms with van der Waals surface area (Å²) in [5, 5.41) is 0. The molecule has 7 heteroatoms. The Morgan fingerprint density at radius 2 is 2.07 bits per heavy atom. The van der Waals surface area contributed by atoms with Crippen molar-refractivity contribution in [3.63, 3.8) is 0 Å². The van der Waals surface area contributed by atoms with Crippen molar-refractivity contribution in [1.82, 2.24) is 14.1 Å². The highest BCUT2D eigenvalue weighted by Crippen LogP contribution is 2.08. The number of ether oxygens (including phenoxy) is 1. The zero-order valence-corrected chi connectivity index (χ0v) is 7.52. The number of epoxide rings is 1. The van der Waals surface area contributed by atoms with Crippen molar-refractivity contribution in [2.75, 3.05) is 6.61 Å². The van der Waals surface area contributed by atoms with Crippen molar-refractivity contribution in [3.05, 3.63) is 31.5 Å². The molecule has 0 saturated carbocycles. The first-order valence-electron chi connectivity index (χ1n) is 4.11. The first kappa shape index (κ1) is 8.95. The van der Waals surface area contributed by atoms with E-state index in [2.05, 4.69) is 0 Å². The van der Waals surface area contributed by atoms with Crippen LogP contribution in [-0.2, 0) is 18.3 Å². The van der Waals surface area contributed by atoms with E-state index in [0.717, 1.165) is 9.13 Å². The van der Waals surface area contributed by atoms with Gasteiger partial charge in [0.05, 0.1) is 19.3 Å². The van der Waals surface area contributed by atoms with E-state index in [1.165, 1.54) is 7.05 Å². The van der Waals surface area contributed by atoms with Gasteiger partial charge in [-0.05, 0) is 0 Å². The first-order chi connectivity index (χ1) is 6.59. The predicted octanol–water partition coefficient (Wildman–Crippen LogP) is -2.37. The summed E-state index contributed by atoms with van der Waals surface area (Å²) in [5.74, 6) is 0. The summed E-state index contributed by atoms with van der Waals surface area (Å²) in [6.07, 6.45) is -0.0775. The third-order valence-corrected chi connectivity index (χ3v) is 2.07. The van der Waals surface area contributed by atoms with E-state index < -0.39 is 17.1 Å². The Bertz CT molecular complexity index is 519. The number of H-pyrrole nitrogens is 1. The van der Waals surface area contributed by atoms with Gasteiger partial charge in [-0.2, -0.15) is 0 Å². The van der Waals surface area contributed by atoms with Gasteiger partial charge in [-0.15, -0.1) is 0 Å². The molecule has 2 heterocycles. The van der Waals surface area contributed by atoms with Gasteiger partial charge < -0.3 is 4.74 Å². The van der Waals surface area contributed by atoms with Crippen LogP contribution in [0.2, 0.25) is 0 Å². The molecule has 1 atom stereocenters. The standard InChI is InChI=1S/C7H9N3O4/c1-9-5(11)8-6(12)10(7(9)13)2-4-3-14-4/h4H,2-3H2,1H3,(H,8,11,12). The van der Waals surface area contributed by atoms with Gasteiger partial charge in [0.25, 0.3) is 0 Å². The number of hydrogen-bond donors (Lipinski definition) is 1. The average molecular weight is 199 g/mol. The summed E-state index contributed by atoms with van der Waals surface area (Å²) >= 11 is 0. The summed E-state index contributed by atoms with van der Waals surface area (Å²) < 4.78 is 6.70. The van der Waals surface area contributed by atoms with E-state index in [1.807, 2.05) is 4.98 Å². The second-order valence-electron chi connectivity index (χ2n) is 3.14. The van der Waals surface area contributed by atoms with E-state index in [1.54, 1.807) is 0 Å². The van der Waals surface area contributed by atoms with Gasteiger partial charge in [-0.25, -0.2) is 23.5 Å². The molecule has 1 aliphatic heterocycles. The molecule has 0 bridgehead atoms. The van der Waals surface area contributed by atoms with Crippen molar-refractivity contribution < 1.29 is 4.74 Å². The third-order valence-electron chi connectivity index (χ3n) is 2.07. The van der Waals surface area contributed by atoms with Gasteiger partial charge in [-0.3, -0.25) is 4.98 Å². The van der Waals surface area contributed by atoms with Crippen molar-refractivity contribution >= 4 is 0 Å². The second-order valence-corrected chi connectivity index (χ2v) is 3.14. The average Bonchev–Trinajstić information content (AvgIpc) is 2.92. The van der Waals surface area contributed by atoms with Gasteiger partial charge in [0, 0.05) is 7.05 Å². The zero-order chi connectivity index (χ0) is 10.3. The summed E-state index contributed by atoms with van der Waals surface area (Å²) in [7, 11) is 1.31. The minimum absolute atomic E-state index is 0.0775. The van der Waals surface area contributed by atoms with Crippen LogP contribution in [0.1, 0.15) is 0 Å². The number of rotatable bonds is 2. The molecule has 1 aromatic heterocycles. The fourth-order valence-electron chi connectivity index (χ4n) is 1.14. The Balaban J connectivity index is 2.58. The minimum atomic E-state index is -0.701. The van der Waals surface area contributed by atoms with Gasteiger partial charge in [0.1, 0.15) is 0 Å². The summed E-state index contributed by atoms with van der Waals surface area (Å²) in [4.78, 5) is 35.7. The molecule has 0 amide bonds. The molecule has 0 aromatic carbocycles. The van der Waals surface area contributed by atoms with Crippen LogP contribution < -0.4 is 17.1 Å².